The smallest absolute Gasteiger partial charge is 0.267 e. The van der Waals surface area contributed by atoms with Crippen LogP contribution in [0.3, 0.4) is 0 Å². The molecule has 0 bridgehead atoms. The van der Waals surface area contributed by atoms with E-state index in [0.717, 1.165) is 0 Å². The van der Waals surface area contributed by atoms with Gasteiger partial charge in [0, 0.05) is 11.0 Å². The first-order valence-corrected chi connectivity index (χ1v) is 17.3. The fourth-order valence-electron chi connectivity index (χ4n) is 6.75. The van der Waals surface area contributed by atoms with E-state index in [1.54, 1.807) is 12.4 Å². The van der Waals surface area contributed by atoms with E-state index in [0.29, 0.717) is 12.2 Å². The van der Waals surface area contributed by atoms with E-state index in [4.69, 9.17) is 0 Å². The van der Waals surface area contributed by atoms with Crippen LogP contribution >= 0.6 is 0 Å². The van der Waals surface area contributed by atoms with Gasteiger partial charge in [0.1, 0.15) is 58.9 Å². The molecule has 0 saturated carbocycles. The number of carbonyl (C=O) groups is 1. The minimum atomic E-state index is -7.22. The maximum absolute atomic E-state index is 15.4. The van der Waals surface area contributed by atoms with Gasteiger partial charge < -0.3 is 0 Å². The normalized spacial score (nSPS) is 11.8. The number of aromatic nitrogens is 2. The van der Waals surface area contributed by atoms with Crippen LogP contribution < -0.4 is 26.4 Å². The first-order valence-electron chi connectivity index (χ1n) is 17.3. The minimum absolute atomic E-state index is 0.108. The van der Waals surface area contributed by atoms with Crippen LogP contribution in [0.25, 0.3) is 0 Å². The van der Waals surface area contributed by atoms with Gasteiger partial charge in [-0.2, -0.15) is 4.57 Å². The molecule has 5 aromatic carbocycles. The molecule has 0 atom stereocenters. The quantitative estimate of drug-likeness (QED) is 0.0403. The van der Waals surface area contributed by atoms with Crippen LogP contribution in [0.5, 0.6) is 0 Å². The fraction of sp³-hybridized carbons (Fsp3) is 0.125. The SMILES string of the molecule is CC(C)(C)C(=O)c1cncc[n+]1Cc1ccccc1.Fc1c(F)c(F)c([B-](c2c(F)c(F)c(F)c(F)c2F)(c2c(F)c(F)c(F)c(F)c2F)c2c(F)c(F)c(F)c(F)c2F)c(F)c1F. The molecule has 0 saturated heterocycles. The number of hydrogen-bond acceptors (Lipinski definition) is 2. The first-order chi connectivity index (χ1) is 29.7. The zero-order valence-electron chi connectivity index (χ0n) is 31.8. The molecule has 338 valence electrons. The summed E-state index contributed by atoms with van der Waals surface area (Å²) in [5.41, 5.74) is -12.9. The van der Waals surface area contributed by atoms with E-state index in [9.17, 15) is 57.5 Å². The van der Waals surface area contributed by atoms with Gasteiger partial charge in [0.15, 0.2) is 82.5 Å². The molecular formula is C40H19BF20N2O. The van der Waals surface area contributed by atoms with Gasteiger partial charge in [-0.3, -0.25) is 9.78 Å². The van der Waals surface area contributed by atoms with Gasteiger partial charge in [0.25, 0.3) is 5.69 Å². The highest BCUT2D eigenvalue weighted by Crippen LogP contribution is 2.31. The molecule has 1 aromatic heterocycles. The molecule has 0 radical (unpaired) electrons. The Balaban J connectivity index is 0.000000337. The highest BCUT2D eigenvalue weighted by Gasteiger charge is 2.52. The van der Waals surface area contributed by atoms with E-state index < -0.39 is 150 Å². The van der Waals surface area contributed by atoms with Crippen LogP contribution in [0.15, 0.2) is 48.9 Å². The number of nitrogens with zero attached hydrogens (tertiary/aromatic N) is 2. The molecule has 0 spiro atoms. The highest BCUT2D eigenvalue weighted by atomic mass is 19.2. The van der Waals surface area contributed by atoms with Crippen molar-refractivity contribution in [3.63, 3.8) is 0 Å². The molecule has 0 aliphatic carbocycles. The number of halogens is 20. The van der Waals surface area contributed by atoms with Crippen molar-refractivity contribution in [1.29, 1.82) is 0 Å². The third-order valence-electron chi connectivity index (χ3n) is 9.66. The Kier molecular flexibility index (Phi) is 13.3. The summed E-state index contributed by atoms with van der Waals surface area (Å²) in [7, 11) is 0. The molecule has 0 aliphatic rings. The van der Waals surface area contributed by atoms with Crippen molar-refractivity contribution >= 4 is 33.8 Å². The fourth-order valence-corrected chi connectivity index (χ4v) is 6.75. The monoisotopic (exact) mass is 934 g/mol. The lowest BCUT2D eigenvalue weighted by Gasteiger charge is -2.44. The summed E-state index contributed by atoms with van der Waals surface area (Å²) < 4.78 is 296. The molecule has 24 heteroatoms. The molecule has 1 heterocycles. The van der Waals surface area contributed by atoms with Crippen LogP contribution in [0, 0.1) is 122 Å². The van der Waals surface area contributed by atoms with Crippen LogP contribution in [0.2, 0.25) is 0 Å². The maximum atomic E-state index is 15.4. The van der Waals surface area contributed by atoms with Crippen molar-refractivity contribution in [2.75, 3.05) is 0 Å². The number of carbonyl (C=O) groups excluding carboxylic acids is 1. The van der Waals surface area contributed by atoms with Gasteiger partial charge in [-0.1, -0.05) is 51.1 Å². The zero-order valence-corrected chi connectivity index (χ0v) is 31.8. The van der Waals surface area contributed by atoms with E-state index in [1.807, 2.05) is 49.7 Å². The zero-order chi connectivity index (χ0) is 48.2. The Bertz CT molecular complexity index is 2490. The average molecular weight is 934 g/mol. The molecule has 0 aliphatic heterocycles. The van der Waals surface area contributed by atoms with Gasteiger partial charge in [0.2, 0.25) is 5.78 Å². The summed E-state index contributed by atoms with van der Waals surface area (Å²) in [4.78, 5) is 16.5. The molecule has 6 aromatic rings. The summed E-state index contributed by atoms with van der Waals surface area (Å²) in [6.45, 7) is 6.46. The molecule has 0 N–H and O–H groups in total. The summed E-state index contributed by atoms with van der Waals surface area (Å²) in [5.74, 6) is -71.3. The molecule has 0 fully saturated rings. The Morgan fingerprint density at radius 2 is 0.719 bits per heavy atom. The van der Waals surface area contributed by atoms with Crippen molar-refractivity contribution in [2.24, 2.45) is 5.41 Å². The Morgan fingerprint density at radius 1 is 0.453 bits per heavy atom. The van der Waals surface area contributed by atoms with Crippen LogP contribution in [-0.4, -0.2) is 16.9 Å². The first kappa shape index (κ1) is 48.5. The Labute approximate surface area is 345 Å². The van der Waals surface area contributed by atoms with Crippen molar-refractivity contribution in [2.45, 2.75) is 27.3 Å². The number of rotatable bonds is 7. The summed E-state index contributed by atoms with van der Waals surface area (Å²) >= 11 is 0. The maximum Gasteiger partial charge on any atom is 0.267 e. The topological polar surface area (TPSA) is 33.8 Å². The van der Waals surface area contributed by atoms with E-state index in [2.05, 4.69) is 17.1 Å². The second kappa shape index (κ2) is 17.6. The van der Waals surface area contributed by atoms with E-state index >= 15 is 35.1 Å². The van der Waals surface area contributed by atoms with Gasteiger partial charge in [-0.15, -0.1) is 21.9 Å². The predicted octanol–water partition coefficient (Wildman–Crippen LogP) is 8.49. The Morgan fingerprint density at radius 3 is 0.984 bits per heavy atom. The van der Waals surface area contributed by atoms with Gasteiger partial charge >= 0.3 is 0 Å². The average Bonchev–Trinajstić information content (AvgIpc) is 3.26. The number of hydrogen-bond donors (Lipinski definition) is 0. The predicted molar refractivity (Wildman–Crippen MR) is 183 cm³/mol. The van der Waals surface area contributed by atoms with Crippen LogP contribution in [-0.2, 0) is 6.54 Å². The third-order valence-corrected chi connectivity index (χ3v) is 9.66. The minimum Gasteiger partial charge on any atom is -0.287 e. The second-order valence-corrected chi connectivity index (χ2v) is 14.5. The summed E-state index contributed by atoms with van der Waals surface area (Å²) in [5, 5.41) is 0. The number of Topliss-reactive ketones (excluding diaryl/α,β-unsaturated/α-hetero) is 1. The van der Waals surface area contributed by atoms with Crippen LogP contribution in [0.1, 0.15) is 36.8 Å². The standard InChI is InChI=1S/C24BF20.C16H19N2O/c26-5-1(6(27)14(35)21(42)13(5)34)25(2-7(28)15(36)22(43)16(37)8(2)29,3-9(30)17(38)23(44)18(39)10(3)31)4-11(32)19(40)24(45)20(41)12(4)33;1-16(2,3)15(19)14-11-17-9-10-18(14)12-13-7-5-4-6-8-13/h;4-11H,12H2,1-3H3/q-1;+1. The van der Waals surface area contributed by atoms with Gasteiger partial charge in [0.05, 0.1) is 6.20 Å². The second-order valence-electron chi connectivity index (χ2n) is 14.5. The molecular weight excluding hydrogens is 915 g/mol. The molecule has 0 unspecified atom stereocenters. The van der Waals surface area contributed by atoms with E-state index in [-0.39, 0.29) is 5.78 Å². The van der Waals surface area contributed by atoms with Crippen molar-refractivity contribution in [1.82, 2.24) is 4.98 Å². The molecule has 64 heavy (non-hydrogen) atoms. The van der Waals surface area contributed by atoms with Crippen molar-refractivity contribution < 1.29 is 97.2 Å². The number of benzene rings is 5. The molecule has 3 nitrogen and oxygen atoms in total. The highest BCUT2D eigenvalue weighted by molar-refractivity contribution is 7.20. The Hall–Kier alpha value is -6.49. The summed E-state index contributed by atoms with van der Waals surface area (Å²) in [6, 6.07) is 10.1. The van der Waals surface area contributed by atoms with Crippen LogP contribution in [0.4, 0.5) is 87.8 Å². The van der Waals surface area contributed by atoms with Gasteiger partial charge in [-0.25, -0.2) is 87.8 Å². The molecule has 6 rings (SSSR count). The molecule has 0 amide bonds. The van der Waals surface area contributed by atoms with Crippen molar-refractivity contribution in [3.05, 3.63) is 177 Å². The van der Waals surface area contributed by atoms with Gasteiger partial charge in [-0.05, 0) is 0 Å². The lowest BCUT2D eigenvalue weighted by molar-refractivity contribution is -0.690. The largest absolute Gasteiger partial charge is 0.287 e. The summed E-state index contributed by atoms with van der Waals surface area (Å²) in [6.07, 6.45) is -2.00. The third kappa shape index (κ3) is 7.69. The van der Waals surface area contributed by atoms with E-state index in [1.165, 1.54) is 5.56 Å². The van der Waals surface area contributed by atoms with Crippen molar-refractivity contribution in [3.8, 4) is 0 Å². The lowest BCUT2D eigenvalue weighted by atomic mass is 9.12. The lowest BCUT2D eigenvalue weighted by Crippen LogP contribution is -2.81. The number of ketones is 1.